The molecule has 4 aromatic rings. The number of nitrogen functional groups attached to an aromatic ring is 1. The number of nitrogens with one attached hydrogen (secondary N) is 3. The third kappa shape index (κ3) is 5.84. The summed E-state index contributed by atoms with van der Waals surface area (Å²) in [5.74, 6) is 1.54. The van der Waals surface area contributed by atoms with Crippen molar-refractivity contribution in [2.75, 3.05) is 36.0 Å². The van der Waals surface area contributed by atoms with Crippen molar-refractivity contribution < 1.29 is 9.32 Å². The SMILES string of the molecule is CC1CN(C2CCC(n3cc(-c4ccc(NC(=O)Nc5cc(C(C)(C)C)on5)cc4)c4c(N)ncnc43)CC2)CCN1. The van der Waals surface area contributed by atoms with Gasteiger partial charge in [-0.15, -0.1) is 0 Å². The van der Waals surface area contributed by atoms with Crippen LogP contribution in [0.25, 0.3) is 22.2 Å². The van der Waals surface area contributed by atoms with Gasteiger partial charge in [0, 0.05) is 66.7 Å². The van der Waals surface area contributed by atoms with Crippen molar-refractivity contribution in [2.45, 2.75) is 76.9 Å². The van der Waals surface area contributed by atoms with Crippen LogP contribution in [0.5, 0.6) is 0 Å². The molecule has 3 aromatic heterocycles. The Morgan fingerprint density at radius 1 is 1.07 bits per heavy atom. The van der Waals surface area contributed by atoms with Crippen molar-refractivity contribution in [3.63, 3.8) is 0 Å². The fourth-order valence-corrected chi connectivity index (χ4v) is 6.30. The zero-order valence-electron chi connectivity index (χ0n) is 24.9. The highest BCUT2D eigenvalue weighted by molar-refractivity contribution is 6.02. The van der Waals surface area contributed by atoms with Crippen molar-refractivity contribution >= 4 is 34.4 Å². The summed E-state index contributed by atoms with van der Waals surface area (Å²) >= 11 is 0. The molecule has 1 aromatic carbocycles. The summed E-state index contributed by atoms with van der Waals surface area (Å²) in [6.07, 6.45) is 8.31. The lowest BCUT2D eigenvalue weighted by Crippen LogP contribution is -2.53. The molecule has 5 N–H and O–H groups in total. The normalized spacial score (nSPS) is 21.9. The number of piperazine rings is 1. The lowest BCUT2D eigenvalue weighted by Gasteiger charge is -2.41. The molecule has 222 valence electrons. The van der Waals surface area contributed by atoms with E-state index in [2.05, 4.69) is 53.7 Å². The summed E-state index contributed by atoms with van der Waals surface area (Å²) in [6, 6.07) is 10.6. The van der Waals surface area contributed by atoms with Crippen LogP contribution in [0.3, 0.4) is 0 Å². The van der Waals surface area contributed by atoms with Crippen molar-refractivity contribution in [2.24, 2.45) is 0 Å². The highest BCUT2D eigenvalue weighted by atomic mass is 16.5. The van der Waals surface area contributed by atoms with Gasteiger partial charge < -0.3 is 25.5 Å². The Hall–Kier alpha value is -3.96. The number of nitrogens with zero attached hydrogens (tertiary/aromatic N) is 5. The smallest absolute Gasteiger partial charge is 0.324 e. The first-order chi connectivity index (χ1) is 20.2. The molecule has 1 saturated carbocycles. The van der Waals surface area contributed by atoms with Crippen LogP contribution in [0.1, 0.15) is 65.2 Å². The Labute approximate surface area is 246 Å². The van der Waals surface area contributed by atoms with Gasteiger partial charge in [0.2, 0.25) is 0 Å². The molecule has 1 saturated heterocycles. The number of benzene rings is 1. The largest absolute Gasteiger partial charge is 0.383 e. The van der Waals surface area contributed by atoms with Crippen LogP contribution in [-0.2, 0) is 5.41 Å². The number of aromatic nitrogens is 4. The number of fused-ring (bicyclic) bond motifs is 1. The predicted molar refractivity (Wildman–Crippen MR) is 166 cm³/mol. The fourth-order valence-electron chi connectivity index (χ4n) is 6.30. The van der Waals surface area contributed by atoms with Crippen molar-refractivity contribution in [1.82, 2.24) is 29.9 Å². The first kappa shape index (κ1) is 28.2. The van der Waals surface area contributed by atoms with Crippen LogP contribution >= 0.6 is 0 Å². The van der Waals surface area contributed by atoms with E-state index in [0.29, 0.717) is 41.2 Å². The van der Waals surface area contributed by atoms with Crippen molar-refractivity contribution in [3.8, 4) is 11.1 Å². The molecule has 1 aliphatic carbocycles. The van der Waals surface area contributed by atoms with Crippen LogP contribution in [0.4, 0.5) is 22.1 Å². The maximum atomic E-state index is 12.6. The highest BCUT2D eigenvalue weighted by Gasteiger charge is 2.30. The van der Waals surface area contributed by atoms with Crippen molar-refractivity contribution in [1.29, 1.82) is 0 Å². The number of hydrogen-bond donors (Lipinski definition) is 4. The van der Waals surface area contributed by atoms with E-state index in [1.807, 2.05) is 45.0 Å². The number of hydrogen-bond acceptors (Lipinski definition) is 8. The fraction of sp³-hybridized carbons (Fsp3) is 0.484. The van der Waals surface area contributed by atoms with Gasteiger partial charge in [-0.05, 0) is 50.3 Å². The van der Waals surface area contributed by atoms with E-state index in [1.165, 1.54) is 12.8 Å². The Morgan fingerprint density at radius 2 is 1.81 bits per heavy atom. The van der Waals surface area contributed by atoms with E-state index >= 15 is 0 Å². The van der Waals surface area contributed by atoms with Crippen LogP contribution in [0.2, 0.25) is 0 Å². The van der Waals surface area contributed by atoms with Crippen LogP contribution in [0.15, 0.2) is 47.4 Å². The second-order valence-electron chi connectivity index (χ2n) is 12.7. The number of amides is 2. The molecule has 4 heterocycles. The lowest BCUT2D eigenvalue weighted by molar-refractivity contribution is 0.107. The number of anilines is 3. The first-order valence-corrected chi connectivity index (χ1v) is 14.9. The summed E-state index contributed by atoms with van der Waals surface area (Å²) in [5.41, 5.74) is 9.73. The minimum Gasteiger partial charge on any atom is -0.383 e. The van der Waals surface area contributed by atoms with Gasteiger partial charge in [0.15, 0.2) is 5.82 Å². The average molecular weight is 572 g/mol. The van der Waals surface area contributed by atoms with E-state index in [4.69, 9.17) is 10.3 Å². The Morgan fingerprint density at radius 3 is 2.50 bits per heavy atom. The number of carbonyl (C=O) groups excluding carboxylic acids is 1. The van der Waals surface area contributed by atoms with Gasteiger partial charge in [0.1, 0.15) is 23.6 Å². The number of carbonyl (C=O) groups is 1. The zero-order valence-corrected chi connectivity index (χ0v) is 24.9. The van der Waals surface area contributed by atoms with Gasteiger partial charge in [-0.25, -0.2) is 14.8 Å². The third-order valence-electron chi connectivity index (χ3n) is 8.56. The minimum atomic E-state index is -0.392. The topological polar surface area (TPSA) is 139 Å². The monoisotopic (exact) mass is 571 g/mol. The molecular formula is C31H41N9O2. The van der Waals surface area contributed by atoms with Gasteiger partial charge in [-0.2, -0.15) is 0 Å². The molecule has 11 nitrogen and oxygen atoms in total. The lowest BCUT2D eigenvalue weighted by atomic mass is 9.89. The van der Waals surface area contributed by atoms with Crippen LogP contribution in [-0.4, -0.2) is 62.3 Å². The van der Waals surface area contributed by atoms with E-state index in [-0.39, 0.29) is 5.41 Å². The predicted octanol–water partition coefficient (Wildman–Crippen LogP) is 5.39. The molecular weight excluding hydrogens is 530 g/mol. The first-order valence-electron chi connectivity index (χ1n) is 14.9. The zero-order chi connectivity index (χ0) is 29.4. The quantitative estimate of drug-likeness (QED) is 0.250. The summed E-state index contributed by atoms with van der Waals surface area (Å²) in [6.45, 7) is 11.7. The summed E-state index contributed by atoms with van der Waals surface area (Å²) in [7, 11) is 0. The molecule has 2 amide bonds. The highest BCUT2D eigenvalue weighted by Crippen LogP contribution is 2.39. The molecule has 2 fully saturated rings. The van der Waals surface area contributed by atoms with Crippen LogP contribution in [0, 0.1) is 0 Å². The van der Waals surface area contributed by atoms with Gasteiger partial charge >= 0.3 is 6.03 Å². The van der Waals surface area contributed by atoms with Crippen molar-refractivity contribution in [3.05, 3.63) is 48.6 Å². The van der Waals surface area contributed by atoms with E-state index in [1.54, 1.807) is 12.4 Å². The molecule has 11 heteroatoms. The average Bonchev–Trinajstić information content (AvgIpc) is 3.60. The van der Waals surface area contributed by atoms with Gasteiger partial charge in [0.25, 0.3) is 0 Å². The van der Waals surface area contributed by atoms with Gasteiger partial charge in [0.05, 0.1) is 5.39 Å². The molecule has 2 aliphatic rings. The minimum absolute atomic E-state index is 0.194. The third-order valence-corrected chi connectivity index (χ3v) is 8.56. The number of rotatable bonds is 5. The molecule has 1 unspecified atom stereocenters. The standard InChI is InChI=1S/C31H41N9O2/c1-19-16-39(14-13-33-19)22-9-11-23(12-10-22)40-17-24(27-28(32)34-18-35-29(27)40)20-5-7-21(8-6-20)36-30(41)37-26-15-25(42-38-26)31(2,3)4/h5-8,15,17-19,22-23,33H,9-14,16H2,1-4H3,(H2,32,34,35)(H2,36,37,38,41). The van der Waals surface area contributed by atoms with E-state index in [9.17, 15) is 4.79 Å². The Bertz CT molecular complexity index is 1540. The Kier molecular flexibility index (Phi) is 7.63. The summed E-state index contributed by atoms with van der Waals surface area (Å²) < 4.78 is 7.66. The van der Waals surface area contributed by atoms with E-state index < -0.39 is 6.03 Å². The molecule has 1 atom stereocenters. The summed E-state index contributed by atoms with van der Waals surface area (Å²) in [5, 5.41) is 14.0. The molecule has 0 radical (unpaired) electrons. The number of urea groups is 1. The number of nitrogens with two attached hydrogens (primary N) is 1. The molecule has 1 aliphatic heterocycles. The molecule has 42 heavy (non-hydrogen) atoms. The van der Waals surface area contributed by atoms with Gasteiger partial charge in [-0.1, -0.05) is 38.1 Å². The maximum absolute atomic E-state index is 12.6. The van der Waals surface area contributed by atoms with Gasteiger partial charge in [-0.3, -0.25) is 10.2 Å². The second-order valence-corrected chi connectivity index (χ2v) is 12.7. The molecule has 0 spiro atoms. The summed E-state index contributed by atoms with van der Waals surface area (Å²) in [4.78, 5) is 24.2. The van der Waals surface area contributed by atoms with Crippen LogP contribution < -0.4 is 21.7 Å². The molecule has 0 bridgehead atoms. The maximum Gasteiger partial charge on any atom is 0.324 e. The van der Waals surface area contributed by atoms with E-state index in [0.717, 1.165) is 54.6 Å². The molecule has 6 rings (SSSR count). The second kappa shape index (κ2) is 11.4. The Balaban J connectivity index is 1.16.